The second kappa shape index (κ2) is 4.23. The van der Waals surface area contributed by atoms with E-state index in [0.717, 1.165) is 19.4 Å². The first-order chi connectivity index (χ1) is 7.20. The van der Waals surface area contributed by atoms with Crippen molar-refractivity contribution in [3.63, 3.8) is 0 Å². The highest BCUT2D eigenvalue weighted by Crippen LogP contribution is 2.25. The molecule has 0 radical (unpaired) electrons. The van der Waals surface area contributed by atoms with Crippen molar-refractivity contribution in [2.24, 2.45) is 0 Å². The number of rotatable bonds is 2. The minimum Gasteiger partial charge on any atom is -0.447 e. The number of hydrogen-bond acceptors (Lipinski definition) is 3. The van der Waals surface area contributed by atoms with Crippen molar-refractivity contribution in [3.05, 3.63) is 12.3 Å². The minimum absolute atomic E-state index is 0.207. The Morgan fingerprint density at radius 3 is 2.87 bits per heavy atom. The summed E-state index contributed by atoms with van der Waals surface area (Å²) in [6, 6.07) is 0. The number of hydrogen-bond donors (Lipinski definition) is 0. The first-order valence-corrected chi connectivity index (χ1v) is 5.46. The van der Waals surface area contributed by atoms with Gasteiger partial charge in [-0.25, -0.2) is 4.79 Å². The summed E-state index contributed by atoms with van der Waals surface area (Å²) in [6.07, 6.45) is 6.84. The van der Waals surface area contributed by atoms with Gasteiger partial charge in [-0.15, -0.1) is 0 Å². The molecule has 15 heavy (non-hydrogen) atoms. The summed E-state index contributed by atoms with van der Waals surface area (Å²) in [5.41, 5.74) is -0.207. The minimum atomic E-state index is -0.259. The Hall–Kier alpha value is -1.03. The van der Waals surface area contributed by atoms with Crippen LogP contribution in [-0.4, -0.2) is 36.4 Å². The Balaban J connectivity index is 1.94. The number of cyclic esters (lactones) is 1. The van der Waals surface area contributed by atoms with Crippen LogP contribution in [0.2, 0.25) is 0 Å². The fourth-order valence-electron chi connectivity index (χ4n) is 1.88. The van der Waals surface area contributed by atoms with Gasteiger partial charge >= 0.3 is 6.09 Å². The molecule has 0 N–H and O–H groups in total. The molecule has 2 heterocycles. The fourth-order valence-corrected chi connectivity index (χ4v) is 1.88. The third-order valence-electron chi connectivity index (χ3n) is 2.90. The average molecular weight is 211 g/mol. The van der Waals surface area contributed by atoms with Crippen LogP contribution in [0.4, 0.5) is 4.79 Å². The molecule has 0 aromatic carbocycles. The zero-order valence-electron chi connectivity index (χ0n) is 9.07. The van der Waals surface area contributed by atoms with Crippen molar-refractivity contribution < 1.29 is 14.3 Å². The van der Waals surface area contributed by atoms with Crippen LogP contribution in [0.5, 0.6) is 0 Å². The summed E-state index contributed by atoms with van der Waals surface area (Å²) in [5, 5.41) is 0. The molecule has 2 saturated heterocycles. The Labute approximate surface area is 89.8 Å². The highest BCUT2D eigenvalue weighted by Gasteiger charge is 2.26. The van der Waals surface area contributed by atoms with E-state index < -0.39 is 0 Å². The Morgan fingerprint density at radius 1 is 1.40 bits per heavy atom. The molecule has 0 bridgehead atoms. The highest BCUT2D eigenvalue weighted by molar-refractivity contribution is 5.70. The van der Waals surface area contributed by atoms with Gasteiger partial charge < -0.3 is 9.47 Å². The third-order valence-corrected chi connectivity index (χ3v) is 2.90. The highest BCUT2D eigenvalue weighted by atomic mass is 16.6. The van der Waals surface area contributed by atoms with Crippen molar-refractivity contribution in [1.82, 2.24) is 4.90 Å². The van der Waals surface area contributed by atoms with Gasteiger partial charge in [-0.3, -0.25) is 4.90 Å². The van der Waals surface area contributed by atoms with Crippen LogP contribution in [0.1, 0.15) is 26.2 Å². The lowest BCUT2D eigenvalue weighted by Gasteiger charge is -2.31. The molecule has 0 saturated carbocycles. The van der Waals surface area contributed by atoms with Crippen LogP contribution in [0.25, 0.3) is 0 Å². The van der Waals surface area contributed by atoms with Crippen LogP contribution in [-0.2, 0) is 9.47 Å². The average Bonchev–Trinajstić information content (AvgIpc) is 2.62. The SMILES string of the molecule is CC1(/C=C/N2CCOC2=O)CCCCO1. The van der Waals surface area contributed by atoms with E-state index in [-0.39, 0.29) is 11.7 Å². The van der Waals surface area contributed by atoms with Gasteiger partial charge in [0.05, 0.1) is 12.1 Å². The smallest absolute Gasteiger partial charge is 0.413 e. The molecule has 4 heteroatoms. The molecule has 2 aliphatic rings. The molecule has 1 amide bonds. The van der Waals surface area contributed by atoms with Gasteiger partial charge in [0, 0.05) is 12.8 Å². The maximum absolute atomic E-state index is 11.2. The van der Waals surface area contributed by atoms with Crippen molar-refractivity contribution in [2.75, 3.05) is 19.8 Å². The molecule has 0 spiro atoms. The van der Waals surface area contributed by atoms with E-state index >= 15 is 0 Å². The maximum Gasteiger partial charge on any atom is 0.413 e. The van der Waals surface area contributed by atoms with Crippen molar-refractivity contribution in [3.8, 4) is 0 Å². The summed E-state index contributed by atoms with van der Waals surface area (Å²) in [7, 11) is 0. The molecule has 2 aliphatic heterocycles. The number of carbonyl (C=O) groups is 1. The topological polar surface area (TPSA) is 38.8 Å². The Bertz CT molecular complexity index is 269. The molecule has 84 valence electrons. The molecule has 0 aromatic rings. The summed E-state index contributed by atoms with van der Waals surface area (Å²) >= 11 is 0. The quantitative estimate of drug-likeness (QED) is 0.700. The lowest BCUT2D eigenvalue weighted by Crippen LogP contribution is -2.31. The number of amides is 1. The van der Waals surface area contributed by atoms with Crippen LogP contribution in [0.3, 0.4) is 0 Å². The zero-order valence-corrected chi connectivity index (χ0v) is 9.07. The van der Waals surface area contributed by atoms with Crippen molar-refractivity contribution >= 4 is 6.09 Å². The lowest BCUT2D eigenvalue weighted by atomic mass is 9.96. The molecule has 1 unspecified atom stereocenters. The normalized spacial score (nSPS) is 32.3. The van der Waals surface area contributed by atoms with Crippen molar-refractivity contribution in [2.45, 2.75) is 31.8 Å². The van der Waals surface area contributed by atoms with Gasteiger partial charge in [0.25, 0.3) is 0 Å². The van der Waals surface area contributed by atoms with E-state index in [1.54, 1.807) is 11.1 Å². The molecule has 2 rings (SSSR count). The Kier molecular flexibility index (Phi) is 2.95. The fraction of sp³-hybridized carbons (Fsp3) is 0.727. The lowest BCUT2D eigenvalue weighted by molar-refractivity contribution is -0.0302. The molecular weight excluding hydrogens is 194 g/mol. The molecule has 2 fully saturated rings. The first-order valence-electron chi connectivity index (χ1n) is 5.46. The largest absolute Gasteiger partial charge is 0.447 e. The van der Waals surface area contributed by atoms with Gasteiger partial charge in [-0.2, -0.15) is 0 Å². The number of ether oxygens (including phenoxy) is 2. The molecule has 0 aromatic heterocycles. The summed E-state index contributed by atoms with van der Waals surface area (Å²) in [4.78, 5) is 12.7. The third kappa shape index (κ3) is 2.50. The van der Waals surface area contributed by atoms with Gasteiger partial charge in [-0.1, -0.05) is 0 Å². The van der Waals surface area contributed by atoms with Crippen molar-refractivity contribution in [1.29, 1.82) is 0 Å². The molecule has 1 atom stereocenters. The van der Waals surface area contributed by atoms with Gasteiger partial charge in [-0.05, 0) is 32.3 Å². The van der Waals surface area contributed by atoms with E-state index in [9.17, 15) is 4.79 Å². The second-order valence-corrected chi connectivity index (χ2v) is 4.24. The first kappa shape index (κ1) is 10.5. The van der Waals surface area contributed by atoms with Gasteiger partial charge in [0.15, 0.2) is 0 Å². The second-order valence-electron chi connectivity index (χ2n) is 4.24. The Morgan fingerprint density at radius 2 is 2.27 bits per heavy atom. The predicted molar refractivity (Wildman–Crippen MR) is 55.4 cm³/mol. The maximum atomic E-state index is 11.2. The van der Waals surface area contributed by atoms with Gasteiger partial charge in [0.2, 0.25) is 0 Å². The predicted octanol–water partition coefficient (Wildman–Crippen LogP) is 1.91. The number of carbonyl (C=O) groups excluding carboxylic acids is 1. The van der Waals surface area contributed by atoms with Crippen LogP contribution >= 0.6 is 0 Å². The van der Waals surface area contributed by atoms with E-state index in [1.165, 1.54) is 6.42 Å². The number of nitrogens with zero attached hydrogens (tertiary/aromatic N) is 1. The summed E-state index contributed by atoms with van der Waals surface area (Å²) in [5.74, 6) is 0. The molecule has 4 nitrogen and oxygen atoms in total. The standard InChI is InChI=1S/C11H17NO3/c1-11(4-2-3-8-15-11)5-6-12-7-9-14-10(12)13/h5-6H,2-4,7-9H2,1H3/b6-5+. The van der Waals surface area contributed by atoms with E-state index in [2.05, 4.69) is 6.92 Å². The summed E-state index contributed by atoms with van der Waals surface area (Å²) in [6.45, 7) is 4.00. The van der Waals surface area contributed by atoms with Gasteiger partial charge in [0.1, 0.15) is 6.61 Å². The zero-order chi connectivity index (χ0) is 10.7. The van der Waals surface area contributed by atoms with E-state index in [4.69, 9.17) is 9.47 Å². The molecular formula is C11H17NO3. The van der Waals surface area contributed by atoms with Crippen LogP contribution in [0, 0.1) is 0 Å². The van der Waals surface area contributed by atoms with E-state index in [0.29, 0.717) is 13.2 Å². The monoisotopic (exact) mass is 211 g/mol. The van der Waals surface area contributed by atoms with E-state index in [1.807, 2.05) is 6.08 Å². The summed E-state index contributed by atoms with van der Waals surface area (Å²) < 4.78 is 10.5. The molecule has 0 aliphatic carbocycles. The van der Waals surface area contributed by atoms with Crippen LogP contribution in [0.15, 0.2) is 12.3 Å². The van der Waals surface area contributed by atoms with Crippen LogP contribution < -0.4 is 0 Å².